The van der Waals surface area contributed by atoms with Gasteiger partial charge in [-0.3, -0.25) is 19.3 Å². The molecule has 28 heavy (non-hydrogen) atoms. The molecule has 1 aliphatic heterocycles. The summed E-state index contributed by atoms with van der Waals surface area (Å²) in [6, 6.07) is 6.08. The van der Waals surface area contributed by atoms with Crippen LogP contribution >= 0.6 is 0 Å². The number of hydrogen-bond acceptors (Lipinski definition) is 5. The van der Waals surface area contributed by atoms with Gasteiger partial charge in [0.25, 0.3) is 0 Å². The Bertz CT molecular complexity index is 940. The topological polar surface area (TPSA) is 127 Å². The Morgan fingerprint density at radius 1 is 1.07 bits per heavy atom. The molecule has 4 atom stereocenters. The summed E-state index contributed by atoms with van der Waals surface area (Å²) < 4.78 is 22.5. The molecule has 8 nitrogen and oxygen atoms in total. The number of primary sulfonamides is 1. The lowest BCUT2D eigenvalue weighted by molar-refractivity contribution is -0.144. The standard InChI is InChI=1S/C19H21N3O5S/c20-28(26,27)14-5-1-11(2-6-14)7-8-21-15(23)10-22-18(24)16-12-3-4-13(9-12)17(16)19(22)25/h1-6,12-13,16-17H,7-10H2,(H,21,23)(H2,20,26,27)/t12-,13-,16-,17+/m1/s1. The van der Waals surface area contributed by atoms with E-state index in [1.165, 1.54) is 12.1 Å². The molecule has 2 bridgehead atoms. The highest BCUT2D eigenvalue weighted by Gasteiger charge is 2.59. The summed E-state index contributed by atoms with van der Waals surface area (Å²) in [6.07, 6.45) is 5.37. The average molecular weight is 403 g/mol. The van der Waals surface area contributed by atoms with Gasteiger partial charge in [0.15, 0.2) is 0 Å². The number of fused-ring (bicyclic) bond motifs is 5. The first kappa shape index (κ1) is 18.8. The summed E-state index contributed by atoms with van der Waals surface area (Å²) in [6.45, 7) is 0.0535. The fourth-order valence-corrected chi connectivity index (χ4v) is 5.03. The van der Waals surface area contributed by atoms with E-state index in [-0.39, 0.29) is 52.8 Å². The van der Waals surface area contributed by atoms with Gasteiger partial charge < -0.3 is 5.32 Å². The first-order chi connectivity index (χ1) is 13.3. The number of carbonyl (C=O) groups excluding carboxylic acids is 3. The molecule has 0 aromatic heterocycles. The van der Waals surface area contributed by atoms with Gasteiger partial charge in [0.1, 0.15) is 6.54 Å². The molecule has 4 rings (SSSR count). The van der Waals surface area contributed by atoms with Crippen molar-refractivity contribution in [3.63, 3.8) is 0 Å². The van der Waals surface area contributed by atoms with E-state index >= 15 is 0 Å². The molecule has 0 spiro atoms. The zero-order valence-corrected chi connectivity index (χ0v) is 15.9. The highest BCUT2D eigenvalue weighted by Crippen LogP contribution is 2.52. The molecule has 0 unspecified atom stereocenters. The van der Waals surface area contributed by atoms with Crippen molar-refractivity contribution in [2.24, 2.45) is 28.8 Å². The van der Waals surface area contributed by atoms with Gasteiger partial charge >= 0.3 is 0 Å². The molecule has 1 aromatic carbocycles. The van der Waals surface area contributed by atoms with Crippen LogP contribution in [-0.4, -0.2) is 44.1 Å². The minimum atomic E-state index is -3.73. The molecule has 3 amide bonds. The molecule has 2 aliphatic carbocycles. The van der Waals surface area contributed by atoms with E-state index < -0.39 is 10.0 Å². The van der Waals surface area contributed by atoms with Gasteiger partial charge in [-0.15, -0.1) is 0 Å². The predicted molar refractivity (Wildman–Crippen MR) is 99.0 cm³/mol. The summed E-state index contributed by atoms with van der Waals surface area (Å²) in [4.78, 5) is 38.4. The van der Waals surface area contributed by atoms with Crippen LogP contribution in [0.1, 0.15) is 12.0 Å². The number of likely N-dealkylation sites (tertiary alicyclic amines) is 1. The summed E-state index contributed by atoms with van der Waals surface area (Å²) in [5.41, 5.74) is 0.832. The number of carbonyl (C=O) groups is 3. The monoisotopic (exact) mass is 403 g/mol. The molecular weight excluding hydrogens is 382 g/mol. The van der Waals surface area contributed by atoms with Crippen LogP contribution in [0.3, 0.4) is 0 Å². The maximum Gasteiger partial charge on any atom is 0.240 e. The van der Waals surface area contributed by atoms with Crippen molar-refractivity contribution < 1.29 is 22.8 Å². The van der Waals surface area contributed by atoms with Crippen LogP contribution < -0.4 is 10.5 Å². The van der Waals surface area contributed by atoms with E-state index in [0.29, 0.717) is 13.0 Å². The number of imide groups is 1. The normalized spacial score (nSPS) is 28.1. The second-order valence-corrected chi connectivity index (χ2v) is 9.11. The number of allylic oxidation sites excluding steroid dienone is 2. The van der Waals surface area contributed by atoms with E-state index in [2.05, 4.69) is 5.32 Å². The molecule has 1 saturated carbocycles. The summed E-state index contributed by atoms with van der Waals surface area (Å²) >= 11 is 0. The lowest BCUT2D eigenvalue weighted by atomic mass is 9.85. The fourth-order valence-electron chi connectivity index (χ4n) is 4.51. The number of benzene rings is 1. The highest BCUT2D eigenvalue weighted by atomic mass is 32.2. The van der Waals surface area contributed by atoms with Gasteiger partial charge in [-0.05, 0) is 42.4 Å². The van der Waals surface area contributed by atoms with Crippen molar-refractivity contribution in [1.82, 2.24) is 10.2 Å². The smallest absolute Gasteiger partial charge is 0.240 e. The Labute approximate surface area is 162 Å². The van der Waals surface area contributed by atoms with Crippen molar-refractivity contribution in [3.8, 4) is 0 Å². The van der Waals surface area contributed by atoms with Gasteiger partial charge in [-0.25, -0.2) is 13.6 Å². The van der Waals surface area contributed by atoms with E-state index in [4.69, 9.17) is 5.14 Å². The number of nitrogens with zero attached hydrogens (tertiary/aromatic N) is 1. The Kier molecular flexibility index (Phi) is 4.59. The Hall–Kier alpha value is -2.52. The van der Waals surface area contributed by atoms with Crippen LogP contribution in [-0.2, 0) is 30.8 Å². The summed E-state index contributed by atoms with van der Waals surface area (Å²) in [7, 11) is -3.73. The lowest BCUT2D eigenvalue weighted by Gasteiger charge is -2.16. The minimum absolute atomic E-state index is 0.0281. The average Bonchev–Trinajstić information content (AvgIpc) is 3.31. The SMILES string of the molecule is NS(=O)(=O)c1ccc(CCNC(=O)CN2C(=O)[C@@H]3[C@H](C2=O)[C@@H]2C=C[C@@H]3C2)cc1. The van der Waals surface area contributed by atoms with E-state index in [1.54, 1.807) is 12.1 Å². The van der Waals surface area contributed by atoms with Gasteiger partial charge in [-0.2, -0.15) is 0 Å². The quantitative estimate of drug-likeness (QED) is 0.502. The lowest BCUT2D eigenvalue weighted by Crippen LogP contribution is -2.42. The van der Waals surface area contributed by atoms with Crippen LogP contribution in [0.2, 0.25) is 0 Å². The zero-order valence-electron chi connectivity index (χ0n) is 15.1. The summed E-state index contributed by atoms with van der Waals surface area (Å²) in [5, 5.41) is 7.76. The van der Waals surface area contributed by atoms with E-state index in [1.807, 2.05) is 12.2 Å². The Morgan fingerprint density at radius 3 is 2.18 bits per heavy atom. The molecule has 2 fully saturated rings. The molecule has 3 aliphatic rings. The third-order valence-electron chi connectivity index (χ3n) is 5.85. The third-order valence-corrected chi connectivity index (χ3v) is 6.78. The largest absolute Gasteiger partial charge is 0.354 e. The maximum absolute atomic E-state index is 12.6. The van der Waals surface area contributed by atoms with Gasteiger partial charge in [0, 0.05) is 6.54 Å². The number of hydrogen-bond donors (Lipinski definition) is 2. The van der Waals surface area contributed by atoms with Crippen LogP contribution in [0, 0.1) is 23.7 Å². The van der Waals surface area contributed by atoms with Crippen molar-refractivity contribution in [2.45, 2.75) is 17.7 Å². The molecule has 1 saturated heterocycles. The highest BCUT2D eigenvalue weighted by molar-refractivity contribution is 7.89. The van der Waals surface area contributed by atoms with E-state index in [9.17, 15) is 22.8 Å². The Balaban J connectivity index is 1.29. The predicted octanol–water partition coefficient (Wildman–Crippen LogP) is -0.200. The molecule has 1 aromatic rings. The molecule has 1 heterocycles. The Morgan fingerprint density at radius 2 is 1.64 bits per heavy atom. The first-order valence-corrected chi connectivity index (χ1v) is 10.7. The van der Waals surface area contributed by atoms with Crippen molar-refractivity contribution >= 4 is 27.7 Å². The number of rotatable bonds is 6. The molecule has 9 heteroatoms. The summed E-state index contributed by atoms with van der Waals surface area (Å²) in [5.74, 6) is -1.20. The van der Waals surface area contributed by atoms with Crippen LogP contribution in [0.4, 0.5) is 0 Å². The van der Waals surface area contributed by atoms with Gasteiger partial charge in [-0.1, -0.05) is 24.3 Å². The van der Waals surface area contributed by atoms with Gasteiger partial charge in [0.2, 0.25) is 27.7 Å². The third kappa shape index (κ3) is 3.24. The number of nitrogens with one attached hydrogen (secondary N) is 1. The van der Waals surface area contributed by atoms with Crippen molar-refractivity contribution in [1.29, 1.82) is 0 Å². The zero-order chi connectivity index (χ0) is 20.1. The number of sulfonamides is 1. The second kappa shape index (κ2) is 6.82. The molecule has 148 valence electrons. The molecule has 3 N–H and O–H groups in total. The second-order valence-electron chi connectivity index (χ2n) is 7.55. The van der Waals surface area contributed by atoms with Crippen LogP contribution in [0.25, 0.3) is 0 Å². The molecule has 0 radical (unpaired) electrons. The van der Waals surface area contributed by atoms with Crippen LogP contribution in [0.15, 0.2) is 41.3 Å². The fraction of sp³-hybridized carbons (Fsp3) is 0.421. The van der Waals surface area contributed by atoms with Gasteiger partial charge in [0.05, 0.1) is 16.7 Å². The van der Waals surface area contributed by atoms with Crippen molar-refractivity contribution in [2.75, 3.05) is 13.1 Å². The first-order valence-electron chi connectivity index (χ1n) is 9.17. The van der Waals surface area contributed by atoms with Crippen LogP contribution in [0.5, 0.6) is 0 Å². The van der Waals surface area contributed by atoms with E-state index in [0.717, 1.165) is 16.9 Å². The maximum atomic E-state index is 12.6. The molecular formula is C19H21N3O5S. The number of nitrogens with two attached hydrogens (primary N) is 1. The number of amides is 3. The van der Waals surface area contributed by atoms with Crippen molar-refractivity contribution in [3.05, 3.63) is 42.0 Å². The minimum Gasteiger partial charge on any atom is -0.354 e.